The van der Waals surface area contributed by atoms with E-state index in [0.717, 1.165) is 6.54 Å². The van der Waals surface area contributed by atoms with Crippen molar-refractivity contribution in [2.45, 2.75) is 32.2 Å². The molecule has 0 bridgehead atoms. The summed E-state index contributed by atoms with van der Waals surface area (Å²) in [5, 5.41) is 0. The molecule has 1 heteroatoms. The lowest BCUT2D eigenvalue weighted by Crippen LogP contribution is -2.26. The molecule has 106 valence electrons. The Labute approximate surface area is 123 Å². The van der Waals surface area contributed by atoms with Crippen LogP contribution in [0.4, 0.5) is 0 Å². The maximum Gasteiger partial charge on any atom is 0.0599 e. The first kappa shape index (κ1) is 14.8. The zero-order valence-electron chi connectivity index (χ0n) is 12.6. The van der Waals surface area contributed by atoms with Crippen LogP contribution in [0.15, 0.2) is 60.7 Å². The van der Waals surface area contributed by atoms with E-state index in [9.17, 15) is 0 Å². The molecule has 2 aromatic rings. The van der Waals surface area contributed by atoms with Crippen LogP contribution in [-0.4, -0.2) is 18.5 Å². The summed E-state index contributed by atoms with van der Waals surface area (Å²) in [4.78, 5) is 2.47. The van der Waals surface area contributed by atoms with Crippen molar-refractivity contribution >= 4 is 0 Å². The molecule has 0 atom stereocenters. The monoisotopic (exact) mass is 267 g/mol. The van der Waals surface area contributed by atoms with Gasteiger partial charge in [-0.25, -0.2) is 0 Å². The van der Waals surface area contributed by atoms with Crippen molar-refractivity contribution in [1.29, 1.82) is 0 Å². The molecule has 0 heterocycles. The quantitative estimate of drug-likeness (QED) is 0.645. The highest BCUT2D eigenvalue weighted by atomic mass is 15.1. The predicted octanol–water partition coefficient (Wildman–Crippen LogP) is 4.90. The van der Waals surface area contributed by atoms with Crippen molar-refractivity contribution in [3.8, 4) is 0 Å². The number of unbranched alkanes of at least 4 members (excludes halogenated alkanes) is 2. The summed E-state index contributed by atoms with van der Waals surface area (Å²) in [6, 6.07) is 22.0. The number of benzene rings is 2. The molecular weight excluding hydrogens is 242 g/mol. The second-order valence-electron chi connectivity index (χ2n) is 5.41. The van der Waals surface area contributed by atoms with Gasteiger partial charge in [-0.3, -0.25) is 4.90 Å². The first-order chi connectivity index (χ1) is 9.83. The van der Waals surface area contributed by atoms with Crippen molar-refractivity contribution in [2.24, 2.45) is 0 Å². The van der Waals surface area contributed by atoms with Crippen LogP contribution in [0.3, 0.4) is 0 Å². The third-order valence-electron chi connectivity index (χ3n) is 3.79. The Hall–Kier alpha value is -1.60. The topological polar surface area (TPSA) is 3.24 Å². The van der Waals surface area contributed by atoms with Crippen LogP contribution in [-0.2, 0) is 0 Å². The molecule has 0 aliphatic carbocycles. The lowest BCUT2D eigenvalue weighted by molar-refractivity contribution is 0.272. The Morgan fingerprint density at radius 2 is 1.30 bits per heavy atom. The molecule has 0 saturated carbocycles. The van der Waals surface area contributed by atoms with E-state index in [1.54, 1.807) is 0 Å². The summed E-state index contributed by atoms with van der Waals surface area (Å²) in [7, 11) is 2.24. The van der Waals surface area contributed by atoms with Gasteiger partial charge in [-0.15, -0.1) is 0 Å². The van der Waals surface area contributed by atoms with E-state index in [4.69, 9.17) is 0 Å². The largest absolute Gasteiger partial charge is 0.295 e. The van der Waals surface area contributed by atoms with Crippen molar-refractivity contribution in [1.82, 2.24) is 4.90 Å². The zero-order chi connectivity index (χ0) is 14.2. The number of nitrogens with zero attached hydrogens (tertiary/aromatic N) is 1. The van der Waals surface area contributed by atoms with Crippen molar-refractivity contribution < 1.29 is 0 Å². The predicted molar refractivity (Wildman–Crippen MR) is 86.9 cm³/mol. The highest BCUT2D eigenvalue weighted by Crippen LogP contribution is 2.27. The van der Waals surface area contributed by atoms with Crippen LogP contribution in [0.25, 0.3) is 0 Å². The second kappa shape index (κ2) is 7.86. The van der Waals surface area contributed by atoms with Crippen molar-refractivity contribution in [3.63, 3.8) is 0 Å². The highest BCUT2D eigenvalue weighted by molar-refractivity contribution is 5.31. The van der Waals surface area contributed by atoms with E-state index in [0.29, 0.717) is 6.04 Å². The normalized spacial score (nSPS) is 11.2. The Morgan fingerprint density at radius 1 is 0.800 bits per heavy atom. The van der Waals surface area contributed by atoms with E-state index in [2.05, 4.69) is 79.5 Å². The van der Waals surface area contributed by atoms with Gasteiger partial charge >= 0.3 is 0 Å². The minimum Gasteiger partial charge on any atom is -0.295 e. The summed E-state index contributed by atoms with van der Waals surface area (Å²) in [6.45, 7) is 3.40. The van der Waals surface area contributed by atoms with Gasteiger partial charge in [0.15, 0.2) is 0 Å². The second-order valence-corrected chi connectivity index (χ2v) is 5.41. The summed E-state index contributed by atoms with van der Waals surface area (Å²) in [5.41, 5.74) is 2.75. The van der Waals surface area contributed by atoms with E-state index in [-0.39, 0.29) is 0 Å². The van der Waals surface area contributed by atoms with E-state index in [1.165, 1.54) is 30.4 Å². The Kier molecular flexibility index (Phi) is 5.82. The zero-order valence-corrected chi connectivity index (χ0v) is 12.6. The smallest absolute Gasteiger partial charge is 0.0599 e. The molecule has 0 radical (unpaired) electrons. The maximum atomic E-state index is 2.47. The summed E-state index contributed by atoms with van der Waals surface area (Å²) < 4.78 is 0. The molecule has 0 aliphatic rings. The van der Waals surface area contributed by atoms with Gasteiger partial charge in [0.05, 0.1) is 6.04 Å². The molecule has 2 aromatic carbocycles. The van der Waals surface area contributed by atoms with Gasteiger partial charge < -0.3 is 0 Å². The lowest BCUT2D eigenvalue weighted by atomic mass is 9.97. The number of hydrogen-bond donors (Lipinski definition) is 0. The average Bonchev–Trinajstić information content (AvgIpc) is 2.50. The van der Waals surface area contributed by atoms with Crippen LogP contribution in [0.2, 0.25) is 0 Å². The SMILES string of the molecule is CCCCCN(C)C(c1ccccc1)c1ccccc1. The standard InChI is InChI=1S/C19H25N/c1-3-4-11-16-20(2)19(17-12-7-5-8-13-17)18-14-9-6-10-15-18/h5-10,12-15,19H,3-4,11,16H2,1-2H3. The van der Waals surface area contributed by atoms with Gasteiger partial charge in [0.1, 0.15) is 0 Å². The van der Waals surface area contributed by atoms with Crippen molar-refractivity contribution in [3.05, 3.63) is 71.8 Å². The minimum absolute atomic E-state index is 0.356. The Morgan fingerprint density at radius 3 is 1.75 bits per heavy atom. The van der Waals surface area contributed by atoms with Crippen LogP contribution in [0, 0.1) is 0 Å². The first-order valence-electron chi connectivity index (χ1n) is 7.63. The maximum absolute atomic E-state index is 2.47. The molecule has 2 rings (SSSR count). The van der Waals surface area contributed by atoms with Gasteiger partial charge in [0.2, 0.25) is 0 Å². The third-order valence-corrected chi connectivity index (χ3v) is 3.79. The third kappa shape index (κ3) is 3.94. The van der Waals surface area contributed by atoms with Gasteiger partial charge in [-0.05, 0) is 31.1 Å². The van der Waals surface area contributed by atoms with Crippen LogP contribution in [0.1, 0.15) is 43.4 Å². The first-order valence-corrected chi connectivity index (χ1v) is 7.63. The van der Waals surface area contributed by atoms with Gasteiger partial charge in [-0.1, -0.05) is 80.4 Å². The molecule has 20 heavy (non-hydrogen) atoms. The molecule has 0 fully saturated rings. The molecule has 0 amide bonds. The van der Waals surface area contributed by atoms with Gasteiger partial charge in [-0.2, -0.15) is 0 Å². The van der Waals surface area contributed by atoms with Gasteiger partial charge in [0.25, 0.3) is 0 Å². The summed E-state index contributed by atoms with van der Waals surface area (Å²) in [6.07, 6.45) is 3.85. The van der Waals surface area contributed by atoms with E-state index >= 15 is 0 Å². The highest BCUT2D eigenvalue weighted by Gasteiger charge is 2.18. The van der Waals surface area contributed by atoms with E-state index in [1.807, 2.05) is 0 Å². The van der Waals surface area contributed by atoms with Crippen LogP contribution >= 0.6 is 0 Å². The molecule has 0 aromatic heterocycles. The Bertz CT molecular complexity index is 438. The molecule has 0 N–H and O–H groups in total. The average molecular weight is 267 g/mol. The molecule has 0 unspecified atom stereocenters. The van der Waals surface area contributed by atoms with E-state index < -0.39 is 0 Å². The summed E-state index contributed by atoms with van der Waals surface area (Å²) in [5.74, 6) is 0. The van der Waals surface area contributed by atoms with Gasteiger partial charge in [0, 0.05) is 0 Å². The Balaban J connectivity index is 2.21. The van der Waals surface area contributed by atoms with Crippen LogP contribution in [0.5, 0.6) is 0 Å². The fourth-order valence-electron chi connectivity index (χ4n) is 2.71. The molecule has 0 saturated heterocycles. The fraction of sp³-hybridized carbons (Fsp3) is 0.368. The fourth-order valence-corrected chi connectivity index (χ4v) is 2.71. The molecule has 1 nitrogen and oxygen atoms in total. The number of rotatable bonds is 7. The molecule has 0 aliphatic heterocycles. The minimum atomic E-state index is 0.356. The summed E-state index contributed by atoms with van der Waals surface area (Å²) >= 11 is 0. The van der Waals surface area contributed by atoms with Crippen molar-refractivity contribution in [2.75, 3.05) is 13.6 Å². The number of hydrogen-bond acceptors (Lipinski definition) is 1. The molecule has 0 spiro atoms. The molecular formula is C19H25N. The lowest BCUT2D eigenvalue weighted by Gasteiger charge is -2.29. The van der Waals surface area contributed by atoms with Crippen LogP contribution < -0.4 is 0 Å².